The van der Waals surface area contributed by atoms with Crippen LogP contribution in [-0.2, 0) is 12.6 Å². The molecule has 0 amide bonds. The van der Waals surface area contributed by atoms with Crippen LogP contribution in [0.5, 0.6) is 0 Å². The number of halogens is 4. The van der Waals surface area contributed by atoms with Crippen LogP contribution in [-0.4, -0.2) is 25.5 Å². The molecule has 1 aromatic carbocycles. The maximum absolute atomic E-state index is 12.7. The van der Waals surface area contributed by atoms with Crippen molar-refractivity contribution in [3.05, 3.63) is 34.3 Å². The minimum atomic E-state index is -4.33. The van der Waals surface area contributed by atoms with E-state index in [1.165, 1.54) is 12.1 Å². The van der Waals surface area contributed by atoms with Gasteiger partial charge in [0.25, 0.3) is 0 Å². The van der Waals surface area contributed by atoms with Gasteiger partial charge in [0.1, 0.15) is 0 Å². The first-order valence-corrected chi connectivity index (χ1v) is 5.69. The highest BCUT2D eigenvalue weighted by atomic mass is 35.5. The normalized spacial score (nSPS) is 12.2. The predicted molar refractivity (Wildman–Crippen MR) is 63.3 cm³/mol. The first kappa shape index (κ1) is 14.3. The van der Waals surface area contributed by atoms with Gasteiger partial charge in [-0.25, -0.2) is 0 Å². The smallest absolute Gasteiger partial charge is 0.309 e. The molecule has 0 spiro atoms. The molecule has 1 aromatic rings. The van der Waals surface area contributed by atoms with Crippen molar-refractivity contribution in [1.82, 2.24) is 4.90 Å². The molecule has 0 saturated heterocycles. The Kier molecular flexibility index (Phi) is 4.83. The Balaban J connectivity index is 2.84. The summed E-state index contributed by atoms with van der Waals surface area (Å²) in [5.41, 5.74) is -0.312. The number of hydrogen-bond acceptors (Lipinski definition) is 1. The van der Waals surface area contributed by atoms with Crippen LogP contribution in [0.3, 0.4) is 0 Å². The largest absolute Gasteiger partial charge is 0.416 e. The second kappa shape index (κ2) is 5.74. The third kappa shape index (κ3) is 4.56. The van der Waals surface area contributed by atoms with Crippen LogP contribution in [0.15, 0.2) is 18.2 Å². The van der Waals surface area contributed by atoms with Gasteiger partial charge in [0.2, 0.25) is 0 Å². The fourth-order valence-electron chi connectivity index (χ4n) is 1.62. The maximum atomic E-state index is 12.7. The van der Waals surface area contributed by atoms with Crippen molar-refractivity contribution in [2.45, 2.75) is 19.0 Å². The summed E-state index contributed by atoms with van der Waals surface area (Å²) in [6, 6.07) is 3.95. The van der Waals surface area contributed by atoms with Gasteiger partial charge < -0.3 is 4.90 Å². The van der Waals surface area contributed by atoms with E-state index in [-0.39, 0.29) is 5.02 Å². The number of rotatable bonds is 4. The molecule has 0 aliphatic heterocycles. The summed E-state index contributed by atoms with van der Waals surface area (Å²) in [4.78, 5) is 1.95. The standard InChI is InChI=1S/C12H15ClF3N/c1-17(2)7-3-4-9-5-6-10(13)8-11(9)12(14,15)16/h5-6,8H,3-4,7H2,1-2H3. The Morgan fingerprint density at radius 1 is 1.24 bits per heavy atom. The van der Waals surface area contributed by atoms with Crippen molar-refractivity contribution >= 4 is 11.6 Å². The lowest BCUT2D eigenvalue weighted by molar-refractivity contribution is -0.138. The van der Waals surface area contributed by atoms with Gasteiger partial charge >= 0.3 is 6.18 Å². The molecule has 0 heterocycles. The molecule has 0 saturated carbocycles. The summed E-state index contributed by atoms with van der Waals surface area (Å²) >= 11 is 5.60. The SMILES string of the molecule is CN(C)CCCc1ccc(Cl)cc1C(F)(F)F. The molecule has 0 aliphatic carbocycles. The Hall–Kier alpha value is -0.740. The van der Waals surface area contributed by atoms with E-state index in [9.17, 15) is 13.2 Å². The number of benzene rings is 1. The van der Waals surface area contributed by atoms with Crippen molar-refractivity contribution in [3.63, 3.8) is 0 Å². The summed E-state index contributed by atoms with van der Waals surface area (Å²) in [7, 11) is 3.79. The van der Waals surface area contributed by atoms with Crippen molar-refractivity contribution in [2.75, 3.05) is 20.6 Å². The van der Waals surface area contributed by atoms with E-state index in [1.54, 1.807) is 0 Å². The van der Waals surface area contributed by atoms with Gasteiger partial charge in [0.05, 0.1) is 5.56 Å². The number of nitrogens with zero attached hydrogens (tertiary/aromatic N) is 1. The first-order chi connectivity index (χ1) is 7.80. The van der Waals surface area contributed by atoms with Gasteiger partial charge in [-0.05, 0) is 51.2 Å². The summed E-state index contributed by atoms with van der Waals surface area (Å²) in [5, 5.41) is 0.119. The second-order valence-electron chi connectivity index (χ2n) is 4.21. The van der Waals surface area contributed by atoms with Crippen LogP contribution in [0, 0.1) is 0 Å². The van der Waals surface area contributed by atoms with Crippen molar-refractivity contribution in [2.24, 2.45) is 0 Å². The number of aryl methyl sites for hydroxylation is 1. The van der Waals surface area contributed by atoms with E-state index < -0.39 is 11.7 Å². The minimum Gasteiger partial charge on any atom is -0.309 e. The minimum absolute atomic E-state index is 0.119. The van der Waals surface area contributed by atoms with E-state index in [1.807, 2.05) is 19.0 Å². The van der Waals surface area contributed by atoms with E-state index in [2.05, 4.69) is 0 Å². The Labute approximate surface area is 104 Å². The first-order valence-electron chi connectivity index (χ1n) is 5.31. The fourth-order valence-corrected chi connectivity index (χ4v) is 1.79. The third-order valence-corrected chi connectivity index (χ3v) is 2.66. The highest BCUT2D eigenvalue weighted by Gasteiger charge is 2.33. The molecule has 0 bridgehead atoms. The highest BCUT2D eigenvalue weighted by Crippen LogP contribution is 2.34. The van der Waals surface area contributed by atoms with Crippen LogP contribution >= 0.6 is 11.6 Å². The lowest BCUT2D eigenvalue weighted by Crippen LogP contribution is -2.15. The molecule has 1 nitrogen and oxygen atoms in total. The second-order valence-corrected chi connectivity index (χ2v) is 4.64. The molecular weight excluding hydrogens is 251 g/mol. The van der Waals surface area contributed by atoms with Crippen LogP contribution in [0.2, 0.25) is 5.02 Å². The monoisotopic (exact) mass is 265 g/mol. The van der Waals surface area contributed by atoms with E-state index in [0.29, 0.717) is 18.4 Å². The van der Waals surface area contributed by atoms with Gasteiger partial charge in [-0.15, -0.1) is 0 Å². The average Bonchev–Trinajstić information content (AvgIpc) is 2.18. The summed E-state index contributed by atoms with van der Waals surface area (Å²) in [6.45, 7) is 0.764. The summed E-state index contributed by atoms with van der Waals surface area (Å²) in [5.74, 6) is 0. The topological polar surface area (TPSA) is 3.24 Å². The lowest BCUT2D eigenvalue weighted by atomic mass is 10.0. The molecule has 0 aliphatic rings. The molecule has 1 rings (SSSR count). The van der Waals surface area contributed by atoms with Crippen LogP contribution in [0.4, 0.5) is 13.2 Å². The van der Waals surface area contributed by atoms with Crippen LogP contribution in [0.25, 0.3) is 0 Å². The molecule has 0 radical (unpaired) electrons. The molecule has 0 atom stereocenters. The highest BCUT2D eigenvalue weighted by molar-refractivity contribution is 6.30. The molecule has 0 N–H and O–H groups in total. The van der Waals surface area contributed by atoms with Crippen LogP contribution < -0.4 is 0 Å². The molecule has 0 fully saturated rings. The van der Waals surface area contributed by atoms with E-state index in [4.69, 9.17) is 11.6 Å². The van der Waals surface area contributed by atoms with Gasteiger partial charge in [-0.1, -0.05) is 17.7 Å². The lowest BCUT2D eigenvalue weighted by Gasteiger charge is -2.14. The number of hydrogen-bond donors (Lipinski definition) is 0. The van der Waals surface area contributed by atoms with E-state index in [0.717, 1.165) is 12.6 Å². The van der Waals surface area contributed by atoms with Crippen LogP contribution in [0.1, 0.15) is 17.5 Å². The molecular formula is C12H15ClF3N. The van der Waals surface area contributed by atoms with Crippen molar-refractivity contribution < 1.29 is 13.2 Å². The fraction of sp³-hybridized carbons (Fsp3) is 0.500. The zero-order valence-electron chi connectivity index (χ0n) is 9.81. The Morgan fingerprint density at radius 3 is 2.41 bits per heavy atom. The van der Waals surface area contributed by atoms with Gasteiger partial charge in [0.15, 0.2) is 0 Å². The molecule has 17 heavy (non-hydrogen) atoms. The zero-order chi connectivity index (χ0) is 13.1. The Bertz CT molecular complexity index is 375. The molecule has 0 unspecified atom stereocenters. The maximum Gasteiger partial charge on any atom is 0.416 e. The molecule has 96 valence electrons. The zero-order valence-corrected chi connectivity index (χ0v) is 10.6. The third-order valence-electron chi connectivity index (χ3n) is 2.43. The summed E-state index contributed by atoms with van der Waals surface area (Å²) in [6.07, 6.45) is -3.24. The number of alkyl halides is 3. The average molecular weight is 266 g/mol. The summed E-state index contributed by atoms with van der Waals surface area (Å²) < 4.78 is 38.2. The van der Waals surface area contributed by atoms with Gasteiger partial charge in [0, 0.05) is 5.02 Å². The quantitative estimate of drug-likeness (QED) is 0.799. The predicted octanol–water partition coefficient (Wildman–Crippen LogP) is 3.85. The van der Waals surface area contributed by atoms with Crippen molar-refractivity contribution in [1.29, 1.82) is 0 Å². The van der Waals surface area contributed by atoms with Crippen molar-refractivity contribution in [3.8, 4) is 0 Å². The van der Waals surface area contributed by atoms with Gasteiger partial charge in [-0.3, -0.25) is 0 Å². The Morgan fingerprint density at radius 2 is 1.88 bits per heavy atom. The van der Waals surface area contributed by atoms with Gasteiger partial charge in [-0.2, -0.15) is 13.2 Å². The van der Waals surface area contributed by atoms with E-state index >= 15 is 0 Å². The molecule has 0 aromatic heterocycles. The molecule has 5 heteroatoms.